The Balaban J connectivity index is 1.45. The van der Waals surface area contributed by atoms with Crippen LogP contribution < -0.4 is 15.4 Å². The fraction of sp³-hybridized carbons (Fsp3) is 0.350. The third kappa shape index (κ3) is 3.09. The predicted molar refractivity (Wildman–Crippen MR) is 96.0 cm³/mol. The van der Waals surface area contributed by atoms with E-state index in [9.17, 15) is 4.79 Å². The van der Waals surface area contributed by atoms with Gasteiger partial charge in [-0.2, -0.15) is 0 Å². The molecular formula is C20H22N2O2. The van der Waals surface area contributed by atoms with E-state index in [0.29, 0.717) is 18.1 Å². The molecule has 0 spiro atoms. The molecule has 1 saturated carbocycles. The van der Waals surface area contributed by atoms with Gasteiger partial charge in [0, 0.05) is 23.9 Å². The van der Waals surface area contributed by atoms with Gasteiger partial charge in [-0.05, 0) is 48.6 Å². The summed E-state index contributed by atoms with van der Waals surface area (Å²) in [7, 11) is 0. The number of carbonyl (C=O) groups excluding carboxylic acids is 1. The van der Waals surface area contributed by atoms with Gasteiger partial charge in [-0.15, -0.1) is 0 Å². The number of benzene rings is 2. The van der Waals surface area contributed by atoms with Crippen LogP contribution in [0, 0.1) is 0 Å². The molecule has 4 rings (SSSR count). The summed E-state index contributed by atoms with van der Waals surface area (Å²) in [5.74, 6) is 1.37. The molecule has 24 heavy (non-hydrogen) atoms. The Morgan fingerprint density at radius 3 is 2.67 bits per heavy atom. The van der Waals surface area contributed by atoms with E-state index in [1.54, 1.807) is 0 Å². The standard InChI is InChI=1S/C20H22N2O2/c23-20(16-7-5-15(6-8-16)14-3-1-2-4-14)22-17-9-10-18-19(13-17)24-12-11-21-18/h5-10,13-14,21H,1-4,11-12H2,(H,22,23). The Morgan fingerprint density at radius 1 is 1.08 bits per heavy atom. The largest absolute Gasteiger partial charge is 0.490 e. The molecule has 4 nitrogen and oxygen atoms in total. The Bertz CT molecular complexity index is 734. The van der Waals surface area contributed by atoms with Crippen LogP contribution >= 0.6 is 0 Å². The van der Waals surface area contributed by atoms with Gasteiger partial charge < -0.3 is 15.4 Å². The quantitative estimate of drug-likeness (QED) is 0.880. The van der Waals surface area contributed by atoms with Crippen molar-refractivity contribution in [3.8, 4) is 5.75 Å². The first kappa shape index (κ1) is 15.1. The van der Waals surface area contributed by atoms with Crippen LogP contribution in [0.25, 0.3) is 0 Å². The molecule has 2 aromatic rings. The van der Waals surface area contributed by atoms with Crippen molar-refractivity contribution in [2.45, 2.75) is 31.6 Å². The minimum absolute atomic E-state index is 0.0864. The van der Waals surface area contributed by atoms with Gasteiger partial charge in [0.05, 0.1) is 5.69 Å². The Kier molecular flexibility index (Phi) is 4.11. The van der Waals surface area contributed by atoms with Gasteiger partial charge in [-0.1, -0.05) is 25.0 Å². The van der Waals surface area contributed by atoms with Crippen molar-refractivity contribution in [1.29, 1.82) is 0 Å². The molecule has 1 aliphatic carbocycles. The molecule has 1 aliphatic heterocycles. The van der Waals surface area contributed by atoms with Gasteiger partial charge in [0.15, 0.2) is 0 Å². The zero-order chi connectivity index (χ0) is 16.4. The summed E-state index contributed by atoms with van der Waals surface area (Å²) in [6, 6.07) is 13.8. The molecule has 0 unspecified atom stereocenters. The van der Waals surface area contributed by atoms with Crippen LogP contribution in [-0.2, 0) is 0 Å². The average Bonchev–Trinajstić information content (AvgIpc) is 3.16. The van der Waals surface area contributed by atoms with Crippen molar-refractivity contribution in [2.75, 3.05) is 23.8 Å². The molecule has 0 aromatic heterocycles. The topological polar surface area (TPSA) is 50.4 Å². The predicted octanol–water partition coefficient (Wildman–Crippen LogP) is 4.40. The molecule has 2 N–H and O–H groups in total. The third-order valence-corrected chi connectivity index (χ3v) is 4.91. The van der Waals surface area contributed by atoms with Gasteiger partial charge in [0.25, 0.3) is 5.91 Å². The zero-order valence-corrected chi connectivity index (χ0v) is 13.7. The van der Waals surface area contributed by atoms with E-state index >= 15 is 0 Å². The highest BCUT2D eigenvalue weighted by Crippen LogP contribution is 2.34. The molecule has 124 valence electrons. The molecule has 1 fully saturated rings. The lowest BCUT2D eigenvalue weighted by Gasteiger charge is -2.19. The van der Waals surface area contributed by atoms with E-state index in [4.69, 9.17) is 4.74 Å². The molecule has 0 atom stereocenters. The smallest absolute Gasteiger partial charge is 0.255 e. The molecule has 1 amide bonds. The highest BCUT2D eigenvalue weighted by molar-refractivity contribution is 6.04. The molecule has 1 heterocycles. The van der Waals surface area contributed by atoms with Crippen molar-refractivity contribution in [3.05, 3.63) is 53.6 Å². The summed E-state index contributed by atoms with van der Waals surface area (Å²) in [4.78, 5) is 12.4. The number of rotatable bonds is 3. The van der Waals surface area contributed by atoms with Crippen molar-refractivity contribution >= 4 is 17.3 Å². The van der Waals surface area contributed by atoms with E-state index in [1.807, 2.05) is 30.3 Å². The van der Waals surface area contributed by atoms with Crippen LogP contribution in [-0.4, -0.2) is 19.1 Å². The summed E-state index contributed by atoms with van der Waals surface area (Å²) in [5, 5.41) is 6.22. The summed E-state index contributed by atoms with van der Waals surface area (Å²) < 4.78 is 5.61. The van der Waals surface area contributed by atoms with E-state index in [2.05, 4.69) is 22.8 Å². The van der Waals surface area contributed by atoms with Crippen LogP contribution in [0.2, 0.25) is 0 Å². The van der Waals surface area contributed by atoms with Crippen LogP contribution in [0.4, 0.5) is 11.4 Å². The molecule has 4 heteroatoms. The number of hydrogen-bond donors (Lipinski definition) is 2. The normalized spacial score (nSPS) is 16.8. The number of hydrogen-bond acceptors (Lipinski definition) is 3. The number of carbonyl (C=O) groups is 1. The van der Waals surface area contributed by atoms with Crippen molar-refractivity contribution < 1.29 is 9.53 Å². The lowest BCUT2D eigenvalue weighted by Crippen LogP contribution is -2.18. The lowest BCUT2D eigenvalue weighted by atomic mass is 9.96. The van der Waals surface area contributed by atoms with E-state index in [-0.39, 0.29) is 5.91 Å². The van der Waals surface area contributed by atoms with E-state index < -0.39 is 0 Å². The Hall–Kier alpha value is -2.49. The highest BCUT2D eigenvalue weighted by Gasteiger charge is 2.17. The summed E-state index contributed by atoms with van der Waals surface area (Å²) >= 11 is 0. The molecule has 2 aromatic carbocycles. The molecule has 0 radical (unpaired) electrons. The fourth-order valence-electron chi connectivity index (χ4n) is 3.58. The second-order valence-electron chi connectivity index (χ2n) is 6.54. The highest BCUT2D eigenvalue weighted by atomic mass is 16.5. The van der Waals surface area contributed by atoms with E-state index in [0.717, 1.165) is 23.7 Å². The van der Waals surface area contributed by atoms with Crippen molar-refractivity contribution in [1.82, 2.24) is 0 Å². The molecule has 2 aliphatic rings. The molecular weight excluding hydrogens is 300 g/mol. The van der Waals surface area contributed by atoms with Gasteiger partial charge in [0.1, 0.15) is 12.4 Å². The first-order chi connectivity index (χ1) is 11.8. The second kappa shape index (κ2) is 6.56. The molecule has 0 bridgehead atoms. The monoisotopic (exact) mass is 322 g/mol. The van der Waals surface area contributed by atoms with Crippen LogP contribution in [0.15, 0.2) is 42.5 Å². The van der Waals surface area contributed by atoms with Gasteiger partial charge >= 0.3 is 0 Å². The Morgan fingerprint density at radius 2 is 1.88 bits per heavy atom. The number of amides is 1. The number of ether oxygens (including phenoxy) is 1. The lowest BCUT2D eigenvalue weighted by molar-refractivity contribution is 0.102. The minimum atomic E-state index is -0.0864. The van der Waals surface area contributed by atoms with E-state index in [1.165, 1.54) is 31.2 Å². The molecule has 0 saturated heterocycles. The number of anilines is 2. The van der Waals surface area contributed by atoms with Crippen molar-refractivity contribution in [2.24, 2.45) is 0 Å². The summed E-state index contributed by atoms with van der Waals surface area (Å²) in [6.45, 7) is 1.46. The second-order valence-corrected chi connectivity index (χ2v) is 6.54. The van der Waals surface area contributed by atoms with Gasteiger partial charge in [0.2, 0.25) is 0 Å². The third-order valence-electron chi connectivity index (χ3n) is 4.91. The van der Waals surface area contributed by atoms with Crippen molar-refractivity contribution in [3.63, 3.8) is 0 Å². The maximum absolute atomic E-state index is 12.4. The number of fused-ring (bicyclic) bond motifs is 1. The first-order valence-electron chi connectivity index (χ1n) is 8.72. The van der Waals surface area contributed by atoms with Crippen LogP contribution in [0.3, 0.4) is 0 Å². The van der Waals surface area contributed by atoms with Crippen LogP contribution in [0.1, 0.15) is 47.5 Å². The SMILES string of the molecule is O=C(Nc1ccc2c(c1)OCCN2)c1ccc(C2CCCC2)cc1. The zero-order valence-electron chi connectivity index (χ0n) is 13.7. The van der Waals surface area contributed by atoms with Gasteiger partial charge in [-0.3, -0.25) is 4.79 Å². The average molecular weight is 322 g/mol. The van der Waals surface area contributed by atoms with Crippen LogP contribution in [0.5, 0.6) is 5.75 Å². The minimum Gasteiger partial charge on any atom is -0.490 e. The summed E-state index contributed by atoms with van der Waals surface area (Å²) in [6.07, 6.45) is 5.19. The maximum Gasteiger partial charge on any atom is 0.255 e. The number of nitrogens with one attached hydrogen (secondary N) is 2. The fourth-order valence-corrected chi connectivity index (χ4v) is 3.58. The first-order valence-corrected chi connectivity index (χ1v) is 8.72. The summed E-state index contributed by atoms with van der Waals surface area (Å²) in [5.41, 5.74) is 3.77. The van der Waals surface area contributed by atoms with Gasteiger partial charge in [-0.25, -0.2) is 0 Å². The maximum atomic E-state index is 12.4. The Labute approximate surface area is 142 Å².